The number of nitrogens with zero attached hydrogens (tertiary/aromatic N) is 3. The van der Waals surface area contributed by atoms with Crippen molar-refractivity contribution in [3.05, 3.63) is 55.8 Å². The van der Waals surface area contributed by atoms with E-state index in [0.717, 1.165) is 36.3 Å². The van der Waals surface area contributed by atoms with Crippen LogP contribution in [0.1, 0.15) is 59.8 Å². The number of rotatable bonds is 7. The van der Waals surface area contributed by atoms with Crippen LogP contribution >= 0.6 is 11.6 Å². The van der Waals surface area contributed by atoms with E-state index in [4.69, 9.17) is 16.3 Å². The van der Waals surface area contributed by atoms with Crippen molar-refractivity contribution in [1.29, 1.82) is 0 Å². The Bertz CT molecular complexity index is 1150. The van der Waals surface area contributed by atoms with E-state index in [1.165, 1.54) is 12.8 Å². The number of carbonyl (C=O) groups excluding carboxylic acids is 1. The molecule has 0 unspecified atom stereocenters. The fourth-order valence-corrected chi connectivity index (χ4v) is 5.81. The molecule has 2 aromatic rings. The summed E-state index contributed by atoms with van der Waals surface area (Å²) in [6, 6.07) is 6.35. The molecule has 1 fully saturated rings. The lowest BCUT2D eigenvalue weighted by Gasteiger charge is -2.40. The van der Waals surface area contributed by atoms with Crippen LogP contribution in [0, 0.1) is 13.8 Å². The van der Waals surface area contributed by atoms with Gasteiger partial charge in [0, 0.05) is 46.7 Å². The maximum Gasteiger partial charge on any atom is 0.251 e. The molecule has 8 heteroatoms. The average Bonchev–Trinajstić information content (AvgIpc) is 3.32. The molecular weight excluding hydrogens is 464 g/mol. The summed E-state index contributed by atoms with van der Waals surface area (Å²) in [4.78, 5) is 30.6. The molecule has 1 amide bonds. The summed E-state index contributed by atoms with van der Waals surface area (Å²) in [6.45, 7) is 8.24. The molecule has 1 aliphatic heterocycles. The first-order chi connectivity index (χ1) is 16.7. The zero-order valence-electron chi connectivity index (χ0n) is 21.5. The van der Waals surface area contributed by atoms with Crippen LogP contribution in [0.25, 0.3) is 0 Å². The first-order valence-electron chi connectivity index (χ1n) is 12.6. The number of fused-ring (bicyclic) bond motifs is 1. The van der Waals surface area contributed by atoms with Gasteiger partial charge in [-0.05, 0) is 78.2 Å². The largest absolute Gasteiger partial charge is 0.477 e. The summed E-state index contributed by atoms with van der Waals surface area (Å²) in [7, 11) is 4.31. The summed E-state index contributed by atoms with van der Waals surface area (Å²) in [5, 5.41) is 3.48. The zero-order valence-corrected chi connectivity index (χ0v) is 22.2. The highest BCUT2D eigenvalue weighted by molar-refractivity contribution is 6.31. The lowest BCUT2D eigenvalue weighted by Crippen LogP contribution is -2.42. The second kappa shape index (κ2) is 10.6. The van der Waals surface area contributed by atoms with E-state index >= 15 is 0 Å². The topological polar surface area (TPSA) is 66.8 Å². The van der Waals surface area contributed by atoms with E-state index in [-0.39, 0.29) is 17.9 Å². The molecule has 1 N–H and O–H groups in total. The number of amides is 1. The molecule has 1 aromatic carbocycles. The van der Waals surface area contributed by atoms with Crippen LogP contribution in [0.2, 0.25) is 5.02 Å². The third-order valence-corrected chi connectivity index (χ3v) is 7.84. The molecule has 1 aromatic heterocycles. The van der Waals surface area contributed by atoms with Crippen molar-refractivity contribution in [3.8, 4) is 5.88 Å². The number of aromatic nitrogens is 1. The van der Waals surface area contributed by atoms with Gasteiger partial charge >= 0.3 is 0 Å². The molecular formula is C27H37ClN4O3. The van der Waals surface area contributed by atoms with Gasteiger partial charge in [-0.1, -0.05) is 11.6 Å². The number of pyridine rings is 1. The van der Waals surface area contributed by atoms with E-state index in [2.05, 4.69) is 36.1 Å². The fourth-order valence-electron chi connectivity index (χ4n) is 5.60. The summed E-state index contributed by atoms with van der Waals surface area (Å²) in [5.74, 6) is 0.319. The Hall–Kier alpha value is -2.51. The molecule has 0 atom stereocenters. The highest BCUT2D eigenvalue weighted by Crippen LogP contribution is 2.34. The van der Waals surface area contributed by atoms with Gasteiger partial charge in [-0.3, -0.25) is 9.59 Å². The Morgan fingerprint density at radius 3 is 2.49 bits per heavy atom. The lowest BCUT2D eigenvalue weighted by atomic mass is 9.89. The SMILES string of the molecule is CCN(c1cc(Cl)cc(C(=O)NCc2c3n(c(C)cc2=O)CCO3)c1C)C1CCC(N(C)C)CC1. The van der Waals surface area contributed by atoms with Crippen molar-refractivity contribution in [1.82, 2.24) is 14.8 Å². The number of nitrogens with one attached hydrogen (secondary N) is 1. The van der Waals surface area contributed by atoms with Crippen molar-refractivity contribution in [3.63, 3.8) is 0 Å². The Balaban J connectivity index is 1.55. The van der Waals surface area contributed by atoms with E-state index in [9.17, 15) is 9.59 Å². The predicted molar refractivity (Wildman–Crippen MR) is 141 cm³/mol. The summed E-state index contributed by atoms with van der Waals surface area (Å²) in [6.07, 6.45) is 4.57. The van der Waals surface area contributed by atoms with E-state index in [1.807, 2.05) is 24.5 Å². The number of aryl methyl sites for hydroxylation is 1. The molecule has 190 valence electrons. The maximum atomic E-state index is 13.3. The third kappa shape index (κ3) is 5.21. The van der Waals surface area contributed by atoms with Gasteiger partial charge in [0.1, 0.15) is 6.61 Å². The smallest absolute Gasteiger partial charge is 0.251 e. The molecule has 35 heavy (non-hydrogen) atoms. The molecule has 7 nitrogen and oxygen atoms in total. The van der Waals surface area contributed by atoms with Crippen LogP contribution in [-0.2, 0) is 13.1 Å². The summed E-state index contributed by atoms with van der Waals surface area (Å²) in [5.41, 5.74) is 3.69. The van der Waals surface area contributed by atoms with Crippen LogP contribution in [-0.4, -0.2) is 54.7 Å². The third-order valence-electron chi connectivity index (χ3n) is 7.62. The molecule has 2 heterocycles. The monoisotopic (exact) mass is 500 g/mol. The quantitative estimate of drug-likeness (QED) is 0.619. The standard InChI is InChI=1S/C27H37ClN4O3/c1-6-31(21-9-7-20(8-10-21)30(4)5)24-15-19(28)14-22(18(24)3)26(34)29-16-23-25(33)13-17(2)32-11-12-35-27(23)32/h13-15,20-21H,6-12,16H2,1-5H3,(H,29,34). The van der Waals surface area contributed by atoms with Gasteiger partial charge in [0.05, 0.1) is 18.7 Å². The molecule has 1 saturated carbocycles. The van der Waals surface area contributed by atoms with Crippen molar-refractivity contribution < 1.29 is 9.53 Å². The van der Waals surface area contributed by atoms with Gasteiger partial charge in [-0.15, -0.1) is 0 Å². The van der Waals surface area contributed by atoms with Crippen LogP contribution in [0.15, 0.2) is 23.0 Å². The highest BCUT2D eigenvalue weighted by Gasteiger charge is 2.28. The molecule has 1 aliphatic carbocycles. The number of anilines is 1. The molecule has 0 radical (unpaired) electrons. The molecule has 4 rings (SSSR count). The second-order valence-electron chi connectivity index (χ2n) is 9.93. The lowest BCUT2D eigenvalue weighted by molar-refractivity contribution is 0.0950. The maximum absolute atomic E-state index is 13.3. The van der Waals surface area contributed by atoms with Crippen molar-refractivity contribution in [2.75, 3.05) is 32.1 Å². The Morgan fingerprint density at radius 1 is 1.14 bits per heavy atom. The van der Waals surface area contributed by atoms with E-state index < -0.39 is 0 Å². The van der Waals surface area contributed by atoms with E-state index in [0.29, 0.717) is 47.3 Å². The number of hydrogen-bond acceptors (Lipinski definition) is 5. The number of carbonyl (C=O) groups is 1. The number of hydrogen-bond donors (Lipinski definition) is 1. The van der Waals surface area contributed by atoms with Crippen molar-refractivity contribution in [2.24, 2.45) is 0 Å². The first kappa shape index (κ1) is 25.6. The Labute approximate surface area is 213 Å². The highest BCUT2D eigenvalue weighted by atomic mass is 35.5. The van der Waals surface area contributed by atoms with Crippen molar-refractivity contribution >= 4 is 23.2 Å². The summed E-state index contributed by atoms with van der Waals surface area (Å²) < 4.78 is 7.69. The van der Waals surface area contributed by atoms with Crippen LogP contribution in [0.5, 0.6) is 5.88 Å². The minimum absolute atomic E-state index is 0.112. The average molecular weight is 501 g/mol. The molecule has 0 spiro atoms. The molecule has 2 aliphatic rings. The molecule has 0 bridgehead atoms. The van der Waals surface area contributed by atoms with Gasteiger partial charge in [-0.25, -0.2) is 0 Å². The zero-order chi connectivity index (χ0) is 25.3. The predicted octanol–water partition coefficient (Wildman–Crippen LogP) is 4.14. The number of halogens is 1. The van der Waals surface area contributed by atoms with Gasteiger partial charge in [0.25, 0.3) is 5.91 Å². The minimum Gasteiger partial charge on any atom is -0.477 e. The van der Waals surface area contributed by atoms with Crippen LogP contribution < -0.4 is 20.4 Å². The van der Waals surface area contributed by atoms with Crippen LogP contribution in [0.4, 0.5) is 5.69 Å². The first-order valence-corrected chi connectivity index (χ1v) is 13.0. The Morgan fingerprint density at radius 2 is 1.83 bits per heavy atom. The van der Waals surface area contributed by atoms with Gasteiger partial charge in [0.15, 0.2) is 5.43 Å². The second-order valence-corrected chi connectivity index (χ2v) is 10.4. The number of benzene rings is 1. The van der Waals surface area contributed by atoms with Crippen LogP contribution in [0.3, 0.4) is 0 Å². The van der Waals surface area contributed by atoms with Gasteiger partial charge in [-0.2, -0.15) is 0 Å². The Kier molecular flexibility index (Phi) is 7.77. The van der Waals surface area contributed by atoms with Gasteiger partial charge < -0.3 is 24.4 Å². The fraction of sp³-hybridized carbons (Fsp3) is 0.556. The minimum atomic E-state index is -0.240. The van der Waals surface area contributed by atoms with E-state index in [1.54, 1.807) is 12.1 Å². The summed E-state index contributed by atoms with van der Waals surface area (Å²) >= 11 is 6.52. The van der Waals surface area contributed by atoms with Crippen molar-refractivity contribution in [2.45, 2.75) is 71.6 Å². The molecule has 0 saturated heterocycles. The van der Waals surface area contributed by atoms with Gasteiger partial charge in [0.2, 0.25) is 5.88 Å². The normalized spacial score (nSPS) is 19.4. The number of ether oxygens (including phenoxy) is 1.